The summed E-state index contributed by atoms with van der Waals surface area (Å²) in [4.78, 5) is 21.9. The molecule has 1 aromatic rings. The Morgan fingerprint density at radius 2 is 1.70 bits per heavy atom. The minimum Gasteiger partial charge on any atom is -0.481 e. The molecule has 0 bridgehead atoms. The number of carbonyl (C=O) groups is 2. The van der Waals surface area contributed by atoms with Gasteiger partial charge in [-0.3, -0.25) is 9.59 Å². The lowest BCUT2D eigenvalue weighted by Gasteiger charge is -2.06. The molecule has 110 valence electrons. The van der Waals surface area contributed by atoms with Crippen molar-refractivity contribution in [2.24, 2.45) is 0 Å². The summed E-state index contributed by atoms with van der Waals surface area (Å²) in [7, 11) is 1.65. The van der Waals surface area contributed by atoms with Crippen molar-refractivity contribution >= 4 is 11.9 Å². The van der Waals surface area contributed by atoms with Crippen molar-refractivity contribution in [3.63, 3.8) is 0 Å². The van der Waals surface area contributed by atoms with Crippen LogP contribution in [0.2, 0.25) is 0 Å². The fourth-order valence-corrected chi connectivity index (χ4v) is 1.77. The van der Waals surface area contributed by atoms with Crippen molar-refractivity contribution < 1.29 is 19.4 Å². The number of carboxylic acid groups (broad SMARTS) is 1. The quantitative estimate of drug-likeness (QED) is 0.679. The molecule has 0 aliphatic heterocycles. The van der Waals surface area contributed by atoms with Crippen molar-refractivity contribution in [2.45, 2.75) is 38.8 Å². The third-order valence-electron chi connectivity index (χ3n) is 2.87. The lowest BCUT2D eigenvalue weighted by atomic mass is 10.1. The zero-order valence-electron chi connectivity index (χ0n) is 11.7. The average molecular weight is 279 g/mol. The zero-order valence-corrected chi connectivity index (χ0v) is 11.7. The van der Waals surface area contributed by atoms with Gasteiger partial charge in [0.15, 0.2) is 0 Å². The average Bonchev–Trinajstić information content (AvgIpc) is 2.43. The molecule has 0 aliphatic carbocycles. The van der Waals surface area contributed by atoms with Crippen LogP contribution in [0.5, 0.6) is 0 Å². The maximum Gasteiger partial charge on any atom is 0.303 e. The molecule has 0 heterocycles. The lowest BCUT2D eigenvalue weighted by molar-refractivity contribution is -0.137. The van der Waals surface area contributed by atoms with E-state index in [-0.39, 0.29) is 12.3 Å². The molecular weight excluding hydrogens is 258 g/mol. The van der Waals surface area contributed by atoms with Crippen molar-refractivity contribution in [3.05, 3.63) is 35.4 Å². The molecule has 0 saturated carbocycles. The number of ether oxygens (including phenoxy) is 1. The molecule has 5 nitrogen and oxygen atoms in total. The summed E-state index contributed by atoms with van der Waals surface area (Å²) in [6, 6.07) is 7.85. The van der Waals surface area contributed by atoms with Gasteiger partial charge in [-0.2, -0.15) is 0 Å². The molecule has 0 radical (unpaired) electrons. The largest absolute Gasteiger partial charge is 0.481 e. The zero-order chi connectivity index (χ0) is 14.8. The second-order valence-electron chi connectivity index (χ2n) is 4.63. The van der Waals surface area contributed by atoms with Crippen molar-refractivity contribution in [2.75, 3.05) is 7.11 Å². The number of amides is 1. The number of aliphatic carboxylic acids is 1. The Morgan fingerprint density at radius 1 is 1.10 bits per heavy atom. The molecule has 1 amide bonds. The summed E-state index contributed by atoms with van der Waals surface area (Å²) in [5.74, 6) is -0.863. The molecule has 0 unspecified atom stereocenters. The van der Waals surface area contributed by atoms with Crippen LogP contribution in [0.1, 0.15) is 36.8 Å². The Morgan fingerprint density at radius 3 is 2.30 bits per heavy atom. The van der Waals surface area contributed by atoms with Gasteiger partial charge in [0.1, 0.15) is 0 Å². The van der Waals surface area contributed by atoms with Crippen LogP contribution in [0.25, 0.3) is 0 Å². The van der Waals surface area contributed by atoms with E-state index in [0.717, 1.165) is 11.1 Å². The Bertz CT molecular complexity index is 428. The molecule has 5 heteroatoms. The van der Waals surface area contributed by atoms with Crippen LogP contribution in [0, 0.1) is 0 Å². The normalized spacial score (nSPS) is 10.2. The first kappa shape index (κ1) is 16.2. The van der Waals surface area contributed by atoms with Gasteiger partial charge in [-0.05, 0) is 24.0 Å². The maximum atomic E-state index is 11.6. The van der Waals surface area contributed by atoms with E-state index in [9.17, 15) is 9.59 Å². The highest BCUT2D eigenvalue weighted by atomic mass is 16.5. The number of unbranched alkanes of at least 4 members (excludes halogenated alkanes) is 1. The van der Waals surface area contributed by atoms with Crippen LogP contribution in [0.15, 0.2) is 24.3 Å². The first-order valence-corrected chi connectivity index (χ1v) is 6.67. The van der Waals surface area contributed by atoms with Gasteiger partial charge < -0.3 is 15.2 Å². The molecule has 0 saturated heterocycles. The molecule has 2 N–H and O–H groups in total. The molecule has 0 atom stereocenters. The van der Waals surface area contributed by atoms with Gasteiger partial charge in [0.05, 0.1) is 6.61 Å². The van der Waals surface area contributed by atoms with Gasteiger partial charge in [0.25, 0.3) is 0 Å². The van der Waals surface area contributed by atoms with E-state index in [1.54, 1.807) is 7.11 Å². The van der Waals surface area contributed by atoms with E-state index >= 15 is 0 Å². The van der Waals surface area contributed by atoms with E-state index in [1.165, 1.54) is 0 Å². The number of rotatable bonds is 9. The number of carboxylic acids is 1. The fourth-order valence-electron chi connectivity index (χ4n) is 1.77. The highest BCUT2D eigenvalue weighted by molar-refractivity contribution is 5.75. The van der Waals surface area contributed by atoms with Gasteiger partial charge in [0, 0.05) is 26.5 Å². The standard InChI is InChI=1S/C15H21NO4/c1-20-11-13-8-6-12(7-9-13)10-16-14(17)4-2-3-5-15(18)19/h6-9H,2-5,10-11H2,1H3,(H,16,17)(H,18,19). The van der Waals surface area contributed by atoms with Crippen LogP contribution in [0.4, 0.5) is 0 Å². The second-order valence-corrected chi connectivity index (χ2v) is 4.63. The van der Waals surface area contributed by atoms with E-state index < -0.39 is 5.97 Å². The molecular formula is C15H21NO4. The Kier molecular flexibility index (Phi) is 7.35. The number of benzene rings is 1. The lowest BCUT2D eigenvalue weighted by Crippen LogP contribution is -2.22. The highest BCUT2D eigenvalue weighted by Gasteiger charge is 2.03. The number of hydrogen-bond donors (Lipinski definition) is 2. The molecule has 0 aromatic heterocycles. The number of carbonyl (C=O) groups excluding carboxylic acids is 1. The van der Waals surface area contributed by atoms with Crippen LogP contribution >= 0.6 is 0 Å². The third-order valence-corrected chi connectivity index (χ3v) is 2.87. The summed E-state index contributed by atoms with van der Waals surface area (Å²) in [6.07, 6.45) is 1.63. The predicted octanol–water partition coefficient (Wildman–Crippen LogP) is 2.09. The van der Waals surface area contributed by atoms with Crippen molar-refractivity contribution in [1.82, 2.24) is 5.32 Å². The van der Waals surface area contributed by atoms with Crippen LogP contribution in [-0.2, 0) is 27.5 Å². The maximum absolute atomic E-state index is 11.6. The van der Waals surface area contributed by atoms with Crippen LogP contribution in [-0.4, -0.2) is 24.1 Å². The molecule has 1 aromatic carbocycles. The Hall–Kier alpha value is -1.88. The van der Waals surface area contributed by atoms with Crippen LogP contribution in [0.3, 0.4) is 0 Å². The van der Waals surface area contributed by atoms with E-state index in [1.807, 2.05) is 24.3 Å². The first-order valence-electron chi connectivity index (χ1n) is 6.67. The number of nitrogens with one attached hydrogen (secondary N) is 1. The minimum atomic E-state index is -0.818. The number of methoxy groups -OCH3 is 1. The minimum absolute atomic E-state index is 0.0450. The van der Waals surface area contributed by atoms with Gasteiger partial charge in [0.2, 0.25) is 5.91 Å². The van der Waals surface area contributed by atoms with Crippen molar-refractivity contribution in [1.29, 1.82) is 0 Å². The predicted molar refractivity (Wildman–Crippen MR) is 75.1 cm³/mol. The summed E-state index contributed by atoms with van der Waals surface area (Å²) in [6.45, 7) is 1.07. The highest BCUT2D eigenvalue weighted by Crippen LogP contribution is 2.06. The fraction of sp³-hybridized carbons (Fsp3) is 0.467. The van der Waals surface area contributed by atoms with Gasteiger partial charge >= 0.3 is 5.97 Å². The van der Waals surface area contributed by atoms with Gasteiger partial charge in [-0.15, -0.1) is 0 Å². The van der Waals surface area contributed by atoms with E-state index in [4.69, 9.17) is 9.84 Å². The van der Waals surface area contributed by atoms with Gasteiger partial charge in [-0.25, -0.2) is 0 Å². The molecule has 1 rings (SSSR count). The van der Waals surface area contributed by atoms with E-state index in [2.05, 4.69) is 5.32 Å². The van der Waals surface area contributed by atoms with Crippen molar-refractivity contribution in [3.8, 4) is 0 Å². The second kappa shape index (κ2) is 9.09. The molecule has 0 aliphatic rings. The number of hydrogen-bond acceptors (Lipinski definition) is 3. The Balaban J connectivity index is 2.21. The van der Waals surface area contributed by atoms with Gasteiger partial charge in [-0.1, -0.05) is 24.3 Å². The van der Waals surface area contributed by atoms with E-state index in [0.29, 0.717) is 32.4 Å². The first-order chi connectivity index (χ1) is 9.61. The summed E-state index contributed by atoms with van der Waals surface area (Å²) in [5.41, 5.74) is 2.12. The topological polar surface area (TPSA) is 75.6 Å². The smallest absolute Gasteiger partial charge is 0.303 e. The Labute approximate surface area is 118 Å². The monoisotopic (exact) mass is 279 g/mol. The summed E-state index contributed by atoms with van der Waals surface area (Å²) >= 11 is 0. The molecule has 20 heavy (non-hydrogen) atoms. The summed E-state index contributed by atoms with van der Waals surface area (Å²) in [5, 5.41) is 11.3. The molecule has 0 spiro atoms. The SMILES string of the molecule is COCc1ccc(CNC(=O)CCCCC(=O)O)cc1. The third kappa shape index (κ3) is 6.89. The summed E-state index contributed by atoms with van der Waals surface area (Å²) < 4.78 is 5.03. The van der Waals surface area contributed by atoms with Crippen LogP contribution < -0.4 is 5.32 Å². The molecule has 0 fully saturated rings.